The molecule has 1 N–H and O–H groups in total. The Morgan fingerprint density at radius 2 is 2.00 bits per heavy atom. The zero-order valence-corrected chi connectivity index (χ0v) is 6.63. The van der Waals surface area contributed by atoms with Gasteiger partial charge in [-0.25, -0.2) is 4.79 Å². The van der Waals surface area contributed by atoms with E-state index in [-0.39, 0.29) is 0 Å². The molecule has 0 rings (SSSR count). The standard InChI is InChI=1S/C7H14O3/c1-5(2)4-10-6(3)7(8)9/h5-6H,4H2,1-3H3,(H,8,9)/t6-/m0/s1. The highest BCUT2D eigenvalue weighted by atomic mass is 16.5. The van der Waals surface area contributed by atoms with Crippen LogP contribution in [0.1, 0.15) is 20.8 Å². The van der Waals surface area contributed by atoms with Crippen LogP contribution in [0.4, 0.5) is 0 Å². The van der Waals surface area contributed by atoms with E-state index in [0.29, 0.717) is 12.5 Å². The highest BCUT2D eigenvalue weighted by Crippen LogP contribution is 1.97. The molecule has 60 valence electrons. The first kappa shape index (κ1) is 9.43. The van der Waals surface area contributed by atoms with Gasteiger partial charge in [0.05, 0.1) is 6.61 Å². The lowest BCUT2D eigenvalue weighted by atomic mass is 10.2. The molecule has 0 heterocycles. The lowest BCUT2D eigenvalue weighted by molar-refractivity contribution is -0.149. The van der Waals surface area contributed by atoms with Gasteiger partial charge in [0, 0.05) is 0 Å². The zero-order valence-electron chi connectivity index (χ0n) is 6.63. The van der Waals surface area contributed by atoms with Crippen LogP contribution < -0.4 is 0 Å². The van der Waals surface area contributed by atoms with Crippen molar-refractivity contribution >= 4 is 5.97 Å². The summed E-state index contributed by atoms with van der Waals surface area (Å²) in [7, 11) is 0. The van der Waals surface area contributed by atoms with Crippen LogP contribution >= 0.6 is 0 Å². The fraction of sp³-hybridized carbons (Fsp3) is 0.857. The van der Waals surface area contributed by atoms with Crippen LogP contribution in [0.5, 0.6) is 0 Å². The number of ether oxygens (including phenoxy) is 1. The second-order valence-corrected chi connectivity index (χ2v) is 2.71. The number of carboxylic acid groups (broad SMARTS) is 1. The minimum atomic E-state index is -0.902. The largest absolute Gasteiger partial charge is 0.479 e. The van der Waals surface area contributed by atoms with Gasteiger partial charge >= 0.3 is 5.97 Å². The van der Waals surface area contributed by atoms with Crippen LogP contribution in [0, 0.1) is 5.92 Å². The van der Waals surface area contributed by atoms with Crippen molar-refractivity contribution in [3.8, 4) is 0 Å². The normalized spacial score (nSPS) is 13.6. The molecule has 0 bridgehead atoms. The van der Waals surface area contributed by atoms with Crippen LogP contribution in [0.2, 0.25) is 0 Å². The Labute approximate surface area is 61.0 Å². The van der Waals surface area contributed by atoms with E-state index in [1.165, 1.54) is 6.92 Å². The molecule has 0 radical (unpaired) electrons. The highest BCUT2D eigenvalue weighted by molar-refractivity contribution is 5.71. The quantitative estimate of drug-likeness (QED) is 0.646. The van der Waals surface area contributed by atoms with Gasteiger partial charge in [0.25, 0.3) is 0 Å². The summed E-state index contributed by atoms with van der Waals surface area (Å²) in [5.41, 5.74) is 0. The second-order valence-electron chi connectivity index (χ2n) is 2.71. The molecule has 3 heteroatoms. The molecule has 0 aromatic rings. The monoisotopic (exact) mass is 146 g/mol. The maximum atomic E-state index is 10.2. The van der Waals surface area contributed by atoms with Crippen molar-refractivity contribution in [2.45, 2.75) is 26.9 Å². The SMILES string of the molecule is CC(C)CO[C@@H](C)C(=O)O. The van der Waals surface area contributed by atoms with Gasteiger partial charge in [-0.15, -0.1) is 0 Å². The number of carboxylic acids is 1. The van der Waals surface area contributed by atoms with Crippen molar-refractivity contribution in [3.63, 3.8) is 0 Å². The molecule has 0 unspecified atom stereocenters. The van der Waals surface area contributed by atoms with Gasteiger partial charge in [0.2, 0.25) is 0 Å². The molecule has 0 spiro atoms. The first-order chi connectivity index (χ1) is 4.54. The molecule has 0 saturated heterocycles. The summed E-state index contributed by atoms with van der Waals surface area (Å²) in [5, 5.41) is 8.37. The third-order valence-electron chi connectivity index (χ3n) is 1.03. The summed E-state index contributed by atoms with van der Waals surface area (Å²) in [6.07, 6.45) is -0.678. The molecule has 0 aliphatic carbocycles. The average Bonchev–Trinajstić information content (AvgIpc) is 1.82. The summed E-state index contributed by atoms with van der Waals surface area (Å²) in [6, 6.07) is 0. The van der Waals surface area contributed by atoms with Crippen LogP contribution in [0.15, 0.2) is 0 Å². The molecule has 1 atom stereocenters. The molecule has 0 aromatic carbocycles. The Kier molecular flexibility index (Phi) is 4.03. The van der Waals surface area contributed by atoms with Crippen molar-refractivity contribution in [1.82, 2.24) is 0 Å². The predicted molar refractivity (Wildman–Crippen MR) is 37.9 cm³/mol. The predicted octanol–water partition coefficient (Wildman–Crippen LogP) is 1.13. The van der Waals surface area contributed by atoms with Crippen molar-refractivity contribution < 1.29 is 14.6 Å². The molecule has 0 amide bonds. The Hall–Kier alpha value is -0.570. The fourth-order valence-electron chi connectivity index (χ4n) is 0.408. The van der Waals surface area contributed by atoms with Gasteiger partial charge in [-0.1, -0.05) is 13.8 Å². The van der Waals surface area contributed by atoms with Crippen LogP contribution in [0.25, 0.3) is 0 Å². The summed E-state index contributed by atoms with van der Waals surface area (Å²) in [4.78, 5) is 10.2. The second kappa shape index (κ2) is 4.28. The minimum Gasteiger partial charge on any atom is -0.479 e. The lowest BCUT2D eigenvalue weighted by Gasteiger charge is -2.09. The molecule has 0 aromatic heterocycles. The Morgan fingerprint density at radius 3 is 2.30 bits per heavy atom. The van der Waals surface area contributed by atoms with E-state index in [4.69, 9.17) is 9.84 Å². The van der Waals surface area contributed by atoms with Gasteiger partial charge in [0.15, 0.2) is 6.10 Å². The molecular formula is C7H14O3. The highest BCUT2D eigenvalue weighted by Gasteiger charge is 2.10. The number of hydrogen-bond acceptors (Lipinski definition) is 2. The van der Waals surface area contributed by atoms with E-state index in [9.17, 15) is 4.79 Å². The van der Waals surface area contributed by atoms with E-state index in [1.807, 2.05) is 13.8 Å². The zero-order chi connectivity index (χ0) is 8.15. The van der Waals surface area contributed by atoms with Crippen molar-refractivity contribution in [3.05, 3.63) is 0 Å². The molecular weight excluding hydrogens is 132 g/mol. The van der Waals surface area contributed by atoms with Crippen molar-refractivity contribution in [2.24, 2.45) is 5.92 Å². The molecule has 3 nitrogen and oxygen atoms in total. The Balaban J connectivity index is 3.40. The van der Waals surface area contributed by atoms with E-state index in [0.717, 1.165) is 0 Å². The minimum absolute atomic E-state index is 0.391. The van der Waals surface area contributed by atoms with Gasteiger partial charge in [-0.2, -0.15) is 0 Å². The molecule has 0 fully saturated rings. The molecule has 10 heavy (non-hydrogen) atoms. The number of rotatable bonds is 4. The topological polar surface area (TPSA) is 46.5 Å². The Bertz CT molecular complexity index is 109. The molecule has 0 saturated carbocycles. The first-order valence-electron chi connectivity index (χ1n) is 3.38. The summed E-state index contributed by atoms with van der Waals surface area (Å²) >= 11 is 0. The summed E-state index contributed by atoms with van der Waals surface area (Å²) in [5.74, 6) is -0.512. The number of hydrogen-bond donors (Lipinski definition) is 1. The van der Waals surface area contributed by atoms with Gasteiger partial charge in [0.1, 0.15) is 0 Å². The average molecular weight is 146 g/mol. The number of carbonyl (C=O) groups is 1. The van der Waals surface area contributed by atoms with Gasteiger partial charge in [-0.05, 0) is 12.8 Å². The smallest absolute Gasteiger partial charge is 0.332 e. The first-order valence-corrected chi connectivity index (χ1v) is 3.38. The van der Waals surface area contributed by atoms with E-state index in [2.05, 4.69) is 0 Å². The summed E-state index contributed by atoms with van der Waals surface area (Å²) < 4.78 is 4.97. The number of aliphatic carboxylic acids is 1. The molecule has 0 aliphatic heterocycles. The van der Waals surface area contributed by atoms with Crippen LogP contribution in [-0.4, -0.2) is 23.8 Å². The van der Waals surface area contributed by atoms with Gasteiger partial charge < -0.3 is 9.84 Å². The van der Waals surface area contributed by atoms with Crippen LogP contribution in [0.3, 0.4) is 0 Å². The van der Waals surface area contributed by atoms with E-state index in [1.54, 1.807) is 0 Å². The fourth-order valence-corrected chi connectivity index (χ4v) is 0.408. The lowest BCUT2D eigenvalue weighted by Crippen LogP contribution is -2.21. The maximum Gasteiger partial charge on any atom is 0.332 e. The van der Waals surface area contributed by atoms with Crippen LogP contribution in [-0.2, 0) is 9.53 Å². The summed E-state index contributed by atoms with van der Waals surface area (Å²) in [6.45, 7) is 6.00. The Morgan fingerprint density at radius 1 is 1.50 bits per heavy atom. The van der Waals surface area contributed by atoms with Crippen molar-refractivity contribution in [1.29, 1.82) is 0 Å². The van der Waals surface area contributed by atoms with Gasteiger partial charge in [-0.3, -0.25) is 0 Å². The maximum absolute atomic E-state index is 10.2. The van der Waals surface area contributed by atoms with Crippen molar-refractivity contribution in [2.75, 3.05) is 6.61 Å². The van der Waals surface area contributed by atoms with E-state index >= 15 is 0 Å². The van der Waals surface area contributed by atoms with E-state index < -0.39 is 12.1 Å². The third-order valence-corrected chi connectivity index (χ3v) is 1.03. The molecule has 0 aliphatic rings. The third kappa shape index (κ3) is 4.32.